The molecule has 3 heteroatoms. The molecule has 2 aliphatic heterocycles. The van der Waals surface area contributed by atoms with Crippen LogP contribution in [0.2, 0.25) is 13.1 Å². The van der Waals surface area contributed by atoms with E-state index in [0.29, 0.717) is 3.63 Å². The van der Waals surface area contributed by atoms with Gasteiger partial charge in [-0.25, -0.2) is 0 Å². The van der Waals surface area contributed by atoms with Gasteiger partial charge in [0.2, 0.25) is 0 Å². The van der Waals surface area contributed by atoms with Crippen molar-refractivity contribution in [2.24, 2.45) is 0 Å². The van der Waals surface area contributed by atoms with Crippen molar-refractivity contribution >= 4 is 19.3 Å². The first-order valence-electron chi connectivity index (χ1n) is 12.5. The summed E-state index contributed by atoms with van der Waals surface area (Å²) < 4.78 is 3.05. The molecular weight excluding hydrogens is 518 g/mol. The van der Waals surface area contributed by atoms with Gasteiger partial charge in [0.05, 0.1) is 8.07 Å². The van der Waals surface area contributed by atoms with Gasteiger partial charge < -0.3 is 4.57 Å². The molecule has 2 aliphatic carbocycles. The van der Waals surface area contributed by atoms with Crippen molar-refractivity contribution in [3.8, 4) is 16.8 Å². The van der Waals surface area contributed by atoms with E-state index in [1.807, 2.05) is 0 Å². The maximum absolute atomic E-state index is 2.51. The predicted molar refractivity (Wildman–Crippen MR) is 147 cm³/mol. The van der Waals surface area contributed by atoms with Crippen molar-refractivity contribution in [2.45, 2.75) is 36.1 Å². The summed E-state index contributed by atoms with van der Waals surface area (Å²) in [5.74, 6) is 0. The Balaban J connectivity index is 0.000000131. The van der Waals surface area contributed by atoms with Gasteiger partial charge in [-0.2, -0.15) is 0 Å². The van der Waals surface area contributed by atoms with Crippen LogP contribution in [0.4, 0.5) is 0 Å². The molecule has 0 N–H and O–H groups in total. The number of benzene rings is 3. The third-order valence-corrected chi connectivity index (χ3v) is 14.0. The summed E-state index contributed by atoms with van der Waals surface area (Å²) >= 11 is 1.58. The van der Waals surface area contributed by atoms with Crippen LogP contribution < -0.4 is 0 Å². The Hall–Kier alpha value is -2.48. The molecule has 1 aromatic heterocycles. The van der Waals surface area contributed by atoms with Crippen LogP contribution in [0.1, 0.15) is 45.4 Å². The maximum atomic E-state index is 2.51. The SMILES string of the molecule is CC1=C2c3ccn(-c4ccccc4)c3C1[Si]2(C)C.CC1=Cc2c(-c3ccccc3)cccc2[CH]1[Zr]. The molecule has 4 aromatic rings. The molecule has 0 saturated carbocycles. The zero-order chi connectivity index (χ0) is 24.3. The summed E-state index contributed by atoms with van der Waals surface area (Å²) in [6.07, 6.45) is 4.60. The summed E-state index contributed by atoms with van der Waals surface area (Å²) in [4.78, 5) is 0. The van der Waals surface area contributed by atoms with E-state index in [1.165, 1.54) is 39.1 Å². The standard InChI is InChI=1S/C16H17NSi.C16H13.Zr/c1-11-15-13-9-10-17(12-7-5-4-6-8-12)14(13)16(11)18(15,2)3;1-12-10-14-8-5-9-15(16(14)11-12)13-6-3-2-4-7-13;/h4-10,16H,1-3H3;2-11H,1H3;. The first kappa shape index (κ1) is 23.0. The molecule has 2 unspecified atom stereocenters. The van der Waals surface area contributed by atoms with Crippen molar-refractivity contribution < 1.29 is 24.7 Å². The van der Waals surface area contributed by atoms with Crippen molar-refractivity contribution in [3.63, 3.8) is 0 Å². The molecule has 0 amide bonds. The van der Waals surface area contributed by atoms with E-state index in [-0.39, 0.29) is 0 Å². The molecule has 0 spiro atoms. The van der Waals surface area contributed by atoms with Gasteiger partial charge >= 0.3 is 118 Å². The van der Waals surface area contributed by atoms with E-state index in [1.54, 1.807) is 41.2 Å². The van der Waals surface area contributed by atoms with Gasteiger partial charge in [-0.1, -0.05) is 42.1 Å². The average Bonchev–Trinajstić information content (AvgIpc) is 3.56. The monoisotopic (exact) mass is 546 g/mol. The molecule has 35 heavy (non-hydrogen) atoms. The molecule has 8 rings (SSSR count). The Morgan fingerprint density at radius 1 is 0.771 bits per heavy atom. The van der Waals surface area contributed by atoms with Crippen molar-refractivity contribution in [2.75, 3.05) is 0 Å². The van der Waals surface area contributed by atoms with Gasteiger partial charge in [0.15, 0.2) is 0 Å². The molecule has 0 fully saturated rings. The number of aromatic nitrogens is 1. The number of fused-ring (bicyclic) bond motifs is 1. The zero-order valence-corrected chi connectivity index (χ0v) is 24.3. The summed E-state index contributed by atoms with van der Waals surface area (Å²) in [5.41, 5.74) is 13.9. The van der Waals surface area contributed by atoms with Crippen LogP contribution in [0, 0.1) is 0 Å². The molecule has 0 saturated heterocycles. The first-order chi connectivity index (χ1) is 16.9. The van der Waals surface area contributed by atoms with Gasteiger partial charge in [0.25, 0.3) is 0 Å². The van der Waals surface area contributed by atoms with Crippen molar-refractivity contribution in [3.05, 3.63) is 125 Å². The molecule has 2 atom stereocenters. The van der Waals surface area contributed by atoms with Crippen LogP contribution in [0.3, 0.4) is 0 Å². The topological polar surface area (TPSA) is 4.93 Å². The van der Waals surface area contributed by atoms with Crippen LogP contribution in [0.25, 0.3) is 28.1 Å². The quantitative estimate of drug-likeness (QED) is 0.222. The molecule has 4 aliphatic rings. The van der Waals surface area contributed by atoms with Crippen LogP contribution in [0.15, 0.2) is 102 Å². The van der Waals surface area contributed by atoms with Crippen molar-refractivity contribution in [1.29, 1.82) is 0 Å². The summed E-state index contributed by atoms with van der Waals surface area (Å²) in [5, 5.41) is 1.72. The van der Waals surface area contributed by atoms with Gasteiger partial charge in [0.1, 0.15) is 0 Å². The molecule has 171 valence electrons. The molecule has 3 aromatic carbocycles. The number of hydrogen-bond acceptors (Lipinski definition) is 0. The normalized spacial score (nSPS) is 20.4. The number of allylic oxidation sites excluding steroid dienone is 2. The third kappa shape index (κ3) is 3.51. The van der Waals surface area contributed by atoms with Crippen LogP contribution in [-0.2, 0) is 24.7 Å². The molecular formula is C32H30NSiZr. The Bertz CT molecular complexity index is 1490. The predicted octanol–water partition coefficient (Wildman–Crippen LogP) is 8.51. The molecule has 2 bridgehead atoms. The van der Waals surface area contributed by atoms with E-state index < -0.39 is 8.07 Å². The number of nitrogens with zero attached hydrogens (tertiary/aromatic N) is 1. The van der Waals surface area contributed by atoms with E-state index >= 15 is 0 Å². The van der Waals surface area contributed by atoms with Crippen molar-refractivity contribution in [1.82, 2.24) is 4.57 Å². The van der Waals surface area contributed by atoms with E-state index in [9.17, 15) is 0 Å². The summed E-state index contributed by atoms with van der Waals surface area (Å²) in [6.45, 7) is 9.59. The molecule has 1 nitrogen and oxygen atoms in total. The Labute approximate surface area is 225 Å². The summed E-state index contributed by atoms with van der Waals surface area (Å²) in [7, 11) is -1.17. The Morgan fingerprint density at radius 2 is 1.46 bits per heavy atom. The Morgan fingerprint density at radius 3 is 2.14 bits per heavy atom. The number of rotatable bonds is 2. The second kappa shape index (κ2) is 8.57. The van der Waals surface area contributed by atoms with Crippen LogP contribution in [-0.4, -0.2) is 12.6 Å². The van der Waals surface area contributed by atoms with Gasteiger partial charge in [-0.05, 0) is 30.7 Å². The Kier molecular flexibility index (Phi) is 5.62. The van der Waals surface area contributed by atoms with E-state index in [4.69, 9.17) is 0 Å². The minimum atomic E-state index is -1.17. The van der Waals surface area contributed by atoms with Gasteiger partial charge in [-0.15, -0.1) is 0 Å². The third-order valence-electron chi connectivity index (χ3n) is 8.06. The average molecular weight is 548 g/mol. The number of para-hydroxylation sites is 1. The van der Waals surface area contributed by atoms with Gasteiger partial charge in [0, 0.05) is 23.1 Å². The fourth-order valence-corrected chi connectivity index (χ4v) is 11.7. The minimum absolute atomic E-state index is 0.654. The molecule has 0 radical (unpaired) electrons. The van der Waals surface area contributed by atoms with Gasteiger partial charge in [-0.3, -0.25) is 0 Å². The van der Waals surface area contributed by atoms with E-state index in [0.717, 1.165) is 5.54 Å². The molecule has 3 heterocycles. The van der Waals surface area contributed by atoms with Crippen LogP contribution in [0.5, 0.6) is 0 Å². The zero-order valence-electron chi connectivity index (χ0n) is 20.8. The number of hydrogen-bond donors (Lipinski definition) is 0. The second-order valence-electron chi connectivity index (χ2n) is 10.5. The van der Waals surface area contributed by atoms with Crippen LogP contribution >= 0.6 is 0 Å². The van der Waals surface area contributed by atoms with E-state index in [2.05, 4.69) is 129 Å². The summed E-state index contributed by atoms with van der Waals surface area (Å²) in [6, 6.07) is 30.4. The first-order valence-corrected chi connectivity index (χ1v) is 16.9. The fraction of sp³-hybridized carbons (Fsp3) is 0.188. The fourth-order valence-electron chi connectivity index (χ4n) is 6.55. The second-order valence-corrected chi connectivity index (χ2v) is 16.5.